The zero-order valence-electron chi connectivity index (χ0n) is 13.9. The molecule has 8 heteroatoms. The average Bonchev–Trinajstić information content (AvgIpc) is 2.40. The summed E-state index contributed by atoms with van der Waals surface area (Å²) in [5.41, 5.74) is 2.76. The average molecular weight is 338 g/mol. The van der Waals surface area contributed by atoms with Crippen LogP contribution < -0.4 is 5.84 Å². The first-order valence-corrected chi connectivity index (χ1v) is 8.57. The van der Waals surface area contributed by atoms with Gasteiger partial charge in [0, 0.05) is 11.8 Å². The second kappa shape index (κ2) is 5.95. The van der Waals surface area contributed by atoms with Gasteiger partial charge in [-0.25, -0.2) is 10.9 Å². The van der Waals surface area contributed by atoms with Crippen molar-refractivity contribution in [3.05, 3.63) is 40.6 Å². The fourth-order valence-electron chi connectivity index (χ4n) is 2.67. The Kier molecular flexibility index (Phi) is 4.52. The van der Waals surface area contributed by atoms with Crippen LogP contribution in [-0.4, -0.2) is 30.5 Å². The molecule has 0 saturated carbocycles. The highest BCUT2D eigenvalue weighted by Crippen LogP contribution is 2.26. The zero-order chi connectivity index (χ0) is 17.5. The van der Waals surface area contributed by atoms with Gasteiger partial charge in [0.05, 0.1) is 0 Å². The molecule has 0 aromatic heterocycles. The van der Waals surface area contributed by atoms with Crippen molar-refractivity contribution in [3.8, 4) is 0 Å². The van der Waals surface area contributed by atoms with Crippen LogP contribution in [0.15, 0.2) is 28.8 Å². The van der Waals surface area contributed by atoms with E-state index in [0.29, 0.717) is 16.7 Å². The van der Waals surface area contributed by atoms with E-state index < -0.39 is 16.3 Å². The number of amidine groups is 1. The summed E-state index contributed by atoms with van der Waals surface area (Å²) in [5, 5.41) is 10.1. The lowest BCUT2D eigenvalue weighted by Gasteiger charge is -2.37. The third-order valence-corrected chi connectivity index (χ3v) is 5.27. The third kappa shape index (κ3) is 3.24. The molecule has 23 heavy (non-hydrogen) atoms. The van der Waals surface area contributed by atoms with Crippen LogP contribution >= 0.6 is 0 Å². The molecule has 2 rings (SSSR count). The molecule has 1 aliphatic rings. The first-order chi connectivity index (χ1) is 10.5. The SMILES string of the molecule is CC1=CN(OS(=O)(=O)c2c(C)cc(C)cc2C)C(C)N(N)C1=N. The molecule has 1 aromatic rings. The predicted molar refractivity (Wildman–Crippen MR) is 87.7 cm³/mol. The minimum Gasteiger partial charge on any atom is -0.283 e. The number of rotatable bonds is 3. The molecule has 7 nitrogen and oxygen atoms in total. The van der Waals surface area contributed by atoms with Gasteiger partial charge in [0.2, 0.25) is 0 Å². The Hall–Kier alpha value is -1.90. The number of nitrogens with one attached hydrogen (secondary N) is 1. The van der Waals surface area contributed by atoms with E-state index in [1.54, 1.807) is 39.8 Å². The van der Waals surface area contributed by atoms with Gasteiger partial charge >= 0.3 is 10.1 Å². The standard InChI is InChI=1S/C15H22N4O3S/c1-9-6-10(2)14(11(3)7-9)23(20,21)22-18-8-12(4)15(16)19(17)13(18)5/h6-8,13,16H,17H2,1-5H3. The molecule has 126 valence electrons. The highest BCUT2D eigenvalue weighted by atomic mass is 32.2. The van der Waals surface area contributed by atoms with Gasteiger partial charge in [-0.15, -0.1) is 4.28 Å². The van der Waals surface area contributed by atoms with Crippen LogP contribution in [0.25, 0.3) is 0 Å². The molecule has 0 spiro atoms. The predicted octanol–water partition coefficient (Wildman–Crippen LogP) is 1.95. The monoisotopic (exact) mass is 338 g/mol. The van der Waals surface area contributed by atoms with Gasteiger partial charge in [0.25, 0.3) is 0 Å². The summed E-state index contributed by atoms with van der Waals surface area (Å²) in [7, 11) is -4.01. The van der Waals surface area contributed by atoms with E-state index in [1.165, 1.54) is 6.20 Å². The molecule has 1 aromatic carbocycles. The highest BCUT2D eigenvalue weighted by molar-refractivity contribution is 7.86. The Morgan fingerprint density at radius 3 is 2.22 bits per heavy atom. The van der Waals surface area contributed by atoms with Crippen molar-refractivity contribution in [2.45, 2.75) is 45.7 Å². The first-order valence-electron chi connectivity index (χ1n) is 7.16. The van der Waals surface area contributed by atoms with Crippen LogP contribution in [0.1, 0.15) is 30.5 Å². The van der Waals surface area contributed by atoms with Gasteiger partial charge in [0.1, 0.15) is 16.9 Å². The smallest absolute Gasteiger partial charge is 0.283 e. The maximum absolute atomic E-state index is 12.7. The van der Waals surface area contributed by atoms with Crippen molar-refractivity contribution in [1.29, 1.82) is 5.41 Å². The Balaban J connectivity index is 2.42. The van der Waals surface area contributed by atoms with Crippen LogP contribution in [0.5, 0.6) is 0 Å². The number of hydrazine groups is 1. The zero-order valence-corrected chi connectivity index (χ0v) is 14.7. The van der Waals surface area contributed by atoms with E-state index in [4.69, 9.17) is 15.5 Å². The largest absolute Gasteiger partial charge is 0.318 e. The van der Waals surface area contributed by atoms with Crippen molar-refractivity contribution in [1.82, 2.24) is 10.1 Å². The summed E-state index contributed by atoms with van der Waals surface area (Å²) in [6.45, 7) is 8.71. The molecule has 0 radical (unpaired) electrons. The van der Waals surface area contributed by atoms with E-state index in [2.05, 4.69) is 0 Å². The van der Waals surface area contributed by atoms with Crippen molar-refractivity contribution in [2.24, 2.45) is 5.84 Å². The maximum atomic E-state index is 12.7. The van der Waals surface area contributed by atoms with Gasteiger partial charge in [-0.3, -0.25) is 10.4 Å². The molecular formula is C15H22N4O3S. The summed E-state index contributed by atoms with van der Waals surface area (Å²) in [5.74, 6) is 5.91. The van der Waals surface area contributed by atoms with Crippen molar-refractivity contribution in [3.63, 3.8) is 0 Å². The molecule has 1 unspecified atom stereocenters. The number of hydroxylamine groups is 2. The van der Waals surface area contributed by atoms with E-state index >= 15 is 0 Å². The number of hydrogen-bond acceptors (Lipinski definition) is 6. The fraction of sp³-hybridized carbons (Fsp3) is 0.400. The Morgan fingerprint density at radius 2 is 1.70 bits per heavy atom. The molecule has 1 aliphatic heterocycles. The molecule has 0 amide bonds. The second-order valence-electron chi connectivity index (χ2n) is 5.82. The van der Waals surface area contributed by atoms with Crippen LogP contribution in [-0.2, 0) is 14.4 Å². The Bertz CT molecular complexity index is 763. The summed E-state index contributed by atoms with van der Waals surface area (Å²) in [4.78, 5) is 0.158. The maximum Gasteiger partial charge on any atom is 0.318 e. The number of nitrogens with zero attached hydrogens (tertiary/aromatic N) is 2. The molecule has 1 atom stereocenters. The van der Waals surface area contributed by atoms with Crippen molar-refractivity contribution < 1.29 is 12.7 Å². The lowest BCUT2D eigenvalue weighted by Crippen LogP contribution is -2.54. The lowest BCUT2D eigenvalue weighted by atomic mass is 10.1. The molecule has 0 saturated heterocycles. The van der Waals surface area contributed by atoms with Crippen molar-refractivity contribution >= 4 is 16.0 Å². The van der Waals surface area contributed by atoms with E-state index in [-0.39, 0.29) is 10.7 Å². The van der Waals surface area contributed by atoms with Crippen LogP contribution in [0.4, 0.5) is 0 Å². The summed E-state index contributed by atoms with van der Waals surface area (Å²) < 4.78 is 30.7. The molecule has 0 fully saturated rings. The van der Waals surface area contributed by atoms with Gasteiger partial charge < -0.3 is 0 Å². The normalized spacial score (nSPS) is 19.1. The number of nitrogens with two attached hydrogens (primary N) is 1. The highest BCUT2D eigenvalue weighted by Gasteiger charge is 2.31. The van der Waals surface area contributed by atoms with Crippen LogP contribution in [0.3, 0.4) is 0 Å². The van der Waals surface area contributed by atoms with Crippen LogP contribution in [0, 0.1) is 26.2 Å². The van der Waals surface area contributed by atoms with E-state index in [1.807, 2.05) is 6.92 Å². The molecule has 0 aliphatic carbocycles. The summed E-state index contributed by atoms with van der Waals surface area (Å²) in [6, 6.07) is 3.60. The Morgan fingerprint density at radius 1 is 1.17 bits per heavy atom. The van der Waals surface area contributed by atoms with Crippen LogP contribution in [0.2, 0.25) is 0 Å². The van der Waals surface area contributed by atoms with Gasteiger partial charge in [-0.05, 0) is 45.7 Å². The quantitative estimate of drug-likeness (QED) is 0.817. The molecule has 3 N–H and O–H groups in total. The number of hydrogen-bond donors (Lipinski definition) is 2. The number of aryl methyl sites for hydroxylation is 3. The van der Waals surface area contributed by atoms with Gasteiger partial charge in [-0.2, -0.15) is 8.42 Å². The van der Waals surface area contributed by atoms with Gasteiger partial charge in [0.15, 0.2) is 0 Å². The lowest BCUT2D eigenvalue weighted by molar-refractivity contribution is -0.0804. The van der Waals surface area contributed by atoms with E-state index in [9.17, 15) is 8.42 Å². The minimum atomic E-state index is -4.01. The topological polar surface area (TPSA) is 99.7 Å². The van der Waals surface area contributed by atoms with Gasteiger partial charge in [-0.1, -0.05) is 17.7 Å². The minimum absolute atomic E-state index is 0.123. The fourth-order valence-corrected chi connectivity index (χ4v) is 4.04. The molecule has 0 bridgehead atoms. The third-order valence-electron chi connectivity index (χ3n) is 3.76. The molecular weight excluding hydrogens is 316 g/mol. The van der Waals surface area contributed by atoms with E-state index in [0.717, 1.165) is 15.6 Å². The summed E-state index contributed by atoms with van der Waals surface area (Å²) in [6.07, 6.45) is 0.847. The number of benzene rings is 1. The first kappa shape index (κ1) is 17.5. The Labute approximate surface area is 136 Å². The van der Waals surface area contributed by atoms with Crippen molar-refractivity contribution in [2.75, 3.05) is 0 Å². The molecule has 1 heterocycles. The second-order valence-corrected chi connectivity index (χ2v) is 7.28. The summed E-state index contributed by atoms with van der Waals surface area (Å²) >= 11 is 0.